The Morgan fingerprint density at radius 2 is 1.00 bits per heavy atom. The molecule has 0 heterocycles. The average molecular weight is 671 g/mol. The molecule has 0 saturated heterocycles. The molecule has 0 amide bonds. The van der Waals surface area contributed by atoms with Gasteiger partial charge in [0.05, 0.1) is 6.61 Å². The lowest BCUT2D eigenvalue weighted by atomic mass is 10.1. The lowest BCUT2D eigenvalue weighted by Crippen LogP contribution is -2.29. The molecule has 0 unspecified atom stereocenters. The van der Waals surface area contributed by atoms with Crippen LogP contribution >= 0.6 is 7.82 Å². The fourth-order valence-corrected chi connectivity index (χ4v) is 5.28. The van der Waals surface area contributed by atoms with Crippen LogP contribution in [-0.2, 0) is 28.2 Å². The molecule has 0 aliphatic heterocycles. The molecular formula is C37H67O8P. The highest BCUT2D eigenvalue weighted by molar-refractivity contribution is 7.46. The smallest absolute Gasteiger partial charge is 0.462 e. The van der Waals surface area contributed by atoms with E-state index in [0.29, 0.717) is 12.8 Å². The Bertz CT molecular complexity index is 848. The van der Waals surface area contributed by atoms with Crippen molar-refractivity contribution < 1.29 is 37.9 Å². The molecule has 0 rings (SSSR count). The molecule has 46 heavy (non-hydrogen) atoms. The van der Waals surface area contributed by atoms with E-state index in [9.17, 15) is 14.2 Å². The number of allylic oxidation sites excluding steroid dienone is 6. The highest BCUT2D eigenvalue weighted by Gasteiger charge is 2.22. The Balaban J connectivity index is 4.06. The second-order valence-electron chi connectivity index (χ2n) is 12.2. The van der Waals surface area contributed by atoms with Gasteiger partial charge < -0.3 is 19.3 Å². The second-order valence-corrected chi connectivity index (χ2v) is 13.4. The maximum Gasteiger partial charge on any atom is 0.469 e. The van der Waals surface area contributed by atoms with Gasteiger partial charge in [-0.3, -0.25) is 14.1 Å². The molecule has 8 nitrogen and oxygen atoms in total. The number of esters is 2. The van der Waals surface area contributed by atoms with Crippen molar-refractivity contribution >= 4 is 19.8 Å². The Kier molecular flexibility index (Phi) is 31.9. The maximum absolute atomic E-state index is 12.3. The summed E-state index contributed by atoms with van der Waals surface area (Å²) in [6.07, 6.45) is 37.3. The minimum atomic E-state index is -4.75. The molecule has 2 N–H and O–H groups in total. The molecule has 0 saturated carbocycles. The van der Waals surface area contributed by atoms with Crippen molar-refractivity contribution in [2.24, 2.45) is 0 Å². The predicted octanol–water partition coefficient (Wildman–Crippen LogP) is 10.6. The third kappa shape index (κ3) is 35.1. The van der Waals surface area contributed by atoms with E-state index in [-0.39, 0.29) is 19.4 Å². The molecule has 0 aliphatic rings. The van der Waals surface area contributed by atoms with E-state index < -0.39 is 32.5 Å². The van der Waals surface area contributed by atoms with Gasteiger partial charge in [-0.1, -0.05) is 147 Å². The summed E-state index contributed by atoms with van der Waals surface area (Å²) < 4.78 is 26.2. The number of carbonyl (C=O) groups is 2. The van der Waals surface area contributed by atoms with Gasteiger partial charge in [0, 0.05) is 12.8 Å². The first-order chi connectivity index (χ1) is 22.3. The third-order valence-electron chi connectivity index (χ3n) is 7.66. The largest absolute Gasteiger partial charge is 0.469 e. The van der Waals surface area contributed by atoms with Gasteiger partial charge in [0.1, 0.15) is 6.61 Å². The fourth-order valence-electron chi connectivity index (χ4n) is 4.92. The Hall–Kier alpha value is -1.73. The summed E-state index contributed by atoms with van der Waals surface area (Å²) in [5.41, 5.74) is 0. The first kappa shape index (κ1) is 44.3. The molecule has 0 aliphatic carbocycles. The van der Waals surface area contributed by atoms with Crippen LogP contribution in [-0.4, -0.2) is 41.0 Å². The summed E-state index contributed by atoms with van der Waals surface area (Å²) in [5, 5.41) is 0. The van der Waals surface area contributed by atoms with Crippen LogP contribution in [0.2, 0.25) is 0 Å². The first-order valence-corrected chi connectivity index (χ1v) is 19.8. The van der Waals surface area contributed by atoms with Crippen molar-refractivity contribution in [2.45, 2.75) is 174 Å². The number of phosphoric acid groups is 1. The van der Waals surface area contributed by atoms with Gasteiger partial charge in [0.15, 0.2) is 6.10 Å². The lowest BCUT2D eigenvalue weighted by molar-refractivity contribution is -0.161. The molecule has 0 aromatic rings. The number of unbranched alkanes of at least 4 members (excludes halogenated alkanes) is 17. The summed E-state index contributed by atoms with van der Waals surface area (Å²) in [4.78, 5) is 42.6. The number of hydrogen-bond acceptors (Lipinski definition) is 6. The molecule has 9 heteroatoms. The summed E-state index contributed by atoms with van der Waals surface area (Å²) in [5.74, 6) is -0.946. The second kappa shape index (κ2) is 33.2. The van der Waals surface area contributed by atoms with E-state index in [4.69, 9.17) is 19.3 Å². The van der Waals surface area contributed by atoms with E-state index in [1.165, 1.54) is 83.5 Å². The van der Waals surface area contributed by atoms with E-state index in [1.807, 2.05) is 6.08 Å². The van der Waals surface area contributed by atoms with Gasteiger partial charge >= 0.3 is 19.8 Å². The lowest BCUT2D eigenvalue weighted by Gasteiger charge is -2.18. The molecular weight excluding hydrogens is 603 g/mol. The van der Waals surface area contributed by atoms with Crippen LogP contribution in [0.1, 0.15) is 168 Å². The van der Waals surface area contributed by atoms with Crippen LogP contribution in [0.3, 0.4) is 0 Å². The number of ether oxygens (including phenoxy) is 2. The number of carbonyl (C=O) groups excluding carboxylic acids is 2. The van der Waals surface area contributed by atoms with Crippen LogP contribution in [0, 0.1) is 0 Å². The molecule has 0 bridgehead atoms. The van der Waals surface area contributed by atoms with E-state index >= 15 is 0 Å². The van der Waals surface area contributed by atoms with Gasteiger partial charge in [-0.2, -0.15) is 0 Å². The van der Waals surface area contributed by atoms with Gasteiger partial charge in [0.2, 0.25) is 0 Å². The van der Waals surface area contributed by atoms with Crippen molar-refractivity contribution in [1.82, 2.24) is 0 Å². The molecule has 0 fully saturated rings. The van der Waals surface area contributed by atoms with Crippen LogP contribution in [0.25, 0.3) is 0 Å². The van der Waals surface area contributed by atoms with E-state index in [2.05, 4.69) is 48.8 Å². The van der Waals surface area contributed by atoms with Crippen LogP contribution in [0.5, 0.6) is 0 Å². The summed E-state index contributed by atoms with van der Waals surface area (Å²) in [7, 11) is -4.75. The highest BCUT2D eigenvalue weighted by Crippen LogP contribution is 2.36. The predicted molar refractivity (Wildman–Crippen MR) is 188 cm³/mol. The van der Waals surface area contributed by atoms with Crippen molar-refractivity contribution in [1.29, 1.82) is 0 Å². The van der Waals surface area contributed by atoms with Crippen molar-refractivity contribution in [3.63, 3.8) is 0 Å². The fraction of sp³-hybridized carbons (Fsp3) is 0.784. The standard InChI is InChI=1S/C37H67O8P/c1-3-5-7-9-11-13-15-16-17-18-19-20-22-23-25-27-29-31-36(38)43-33-35(34-44-46(40,41)42)45-37(39)32-30-28-26-24-21-14-12-10-8-6-4-2/h16-17,19-20,23,25,35H,3-15,18,21-22,24,26-34H2,1-2H3,(H2,40,41,42)/b17-16-,20-19-,25-23-/t35-/m1/s1. The molecule has 0 spiro atoms. The maximum atomic E-state index is 12.3. The van der Waals surface area contributed by atoms with Gasteiger partial charge in [0.25, 0.3) is 0 Å². The van der Waals surface area contributed by atoms with E-state index in [1.54, 1.807) is 0 Å². The number of phosphoric ester groups is 1. The minimum absolute atomic E-state index is 0.197. The zero-order valence-corrected chi connectivity index (χ0v) is 30.1. The molecule has 268 valence electrons. The SMILES string of the molecule is CCCCCCCC/C=C\C/C=C\C/C=C\CCCC(=O)OC[C@H](COP(=O)(O)O)OC(=O)CCCCCCCCCCCCC. The highest BCUT2D eigenvalue weighted by atomic mass is 31.2. The van der Waals surface area contributed by atoms with Crippen LogP contribution in [0.4, 0.5) is 0 Å². The van der Waals surface area contributed by atoms with Crippen molar-refractivity contribution in [2.75, 3.05) is 13.2 Å². The Morgan fingerprint density at radius 1 is 0.565 bits per heavy atom. The minimum Gasteiger partial charge on any atom is -0.462 e. The number of rotatable bonds is 33. The first-order valence-electron chi connectivity index (χ1n) is 18.3. The Labute approximate surface area is 281 Å². The van der Waals surface area contributed by atoms with Gasteiger partial charge in [-0.05, 0) is 44.9 Å². The Morgan fingerprint density at radius 3 is 1.52 bits per heavy atom. The van der Waals surface area contributed by atoms with Crippen molar-refractivity contribution in [3.05, 3.63) is 36.5 Å². The summed E-state index contributed by atoms with van der Waals surface area (Å²) in [6.45, 7) is 3.61. The molecule has 1 atom stereocenters. The quantitative estimate of drug-likeness (QED) is 0.0306. The van der Waals surface area contributed by atoms with Crippen LogP contribution < -0.4 is 0 Å². The monoisotopic (exact) mass is 670 g/mol. The average Bonchev–Trinajstić information content (AvgIpc) is 3.02. The number of hydrogen-bond donors (Lipinski definition) is 2. The van der Waals surface area contributed by atoms with Crippen molar-refractivity contribution in [3.8, 4) is 0 Å². The summed E-state index contributed by atoms with van der Waals surface area (Å²) in [6, 6.07) is 0. The molecule has 0 aromatic carbocycles. The zero-order valence-electron chi connectivity index (χ0n) is 29.2. The van der Waals surface area contributed by atoms with Crippen LogP contribution in [0.15, 0.2) is 36.5 Å². The van der Waals surface area contributed by atoms with E-state index in [0.717, 1.165) is 44.9 Å². The molecule has 0 aromatic heterocycles. The third-order valence-corrected chi connectivity index (χ3v) is 8.15. The summed E-state index contributed by atoms with van der Waals surface area (Å²) >= 11 is 0. The normalized spacial score (nSPS) is 12.9. The zero-order chi connectivity index (χ0) is 34.0. The topological polar surface area (TPSA) is 119 Å². The van der Waals surface area contributed by atoms with Gasteiger partial charge in [-0.25, -0.2) is 4.57 Å². The van der Waals surface area contributed by atoms with Gasteiger partial charge in [-0.15, -0.1) is 0 Å². The molecule has 0 radical (unpaired) electrons.